The van der Waals surface area contributed by atoms with Crippen LogP contribution in [0.15, 0.2) is 48.5 Å². The molecule has 4 rings (SSSR count). The number of benzene rings is 2. The number of alkyl carbamates (subject to hydrolysis) is 1. The Bertz CT molecular complexity index is 988. The summed E-state index contributed by atoms with van der Waals surface area (Å²) in [5, 5.41) is 4.45. The van der Waals surface area contributed by atoms with Crippen molar-refractivity contribution in [3.05, 3.63) is 59.7 Å². The summed E-state index contributed by atoms with van der Waals surface area (Å²) in [5.41, 5.74) is 4.39. The summed E-state index contributed by atoms with van der Waals surface area (Å²) in [6.45, 7) is 1.53. The van der Waals surface area contributed by atoms with Crippen molar-refractivity contribution in [1.82, 2.24) is 10.6 Å². The molecule has 2 N–H and O–H groups in total. The lowest BCUT2D eigenvalue weighted by molar-refractivity contribution is -0.155. The van der Waals surface area contributed by atoms with Crippen molar-refractivity contribution in [2.75, 3.05) is 6.61 Å². The minimum atomic E-state index is -1.17. The lowest BCUT2D eigenvalue weighted by Crippen LogP contribution is -2.42. The van der Waals surface area contributed by atoms with Crippen LogP contribution in [0.5, 0.6) is 0 Å². The van der Waals surface area contributed by atoms with Crippen LogP contribution in [0.25, 0.3) is 11.1 Å². The van der Waals surface area contributed by atoms with Crippen molar-refractivity contribution in [3.8, 4) is 11.1 Å². The average Bonchev–Trinajstić information content (AvgIpc) is 3.22. The molecule has 0 aromatic heterocycles. The van der Waals surface area contributed by atoms with Gasteiger partial charge in [-0.3, -0.25) is 14.9 Å². The number of imide groups is 1. The number of esters is 1. The number of amides is 3. The summed E-state index contributed by atoms with van der Waals surface area (Å²) in [6, 6.07) is 14.9. The highest BCUT2D eigenvalue weighted by Crippen LogP contribution is 2.44. The monoisotopic (exact) mass is 408 g/mol. The van der Waals surface area contributed by atoms with Crippen LogP contribution in [0.1, 0.15) is 30.4 Å². The molecule has 1 aliphatic carbocycles. The lowest BCUT2D eigenvalue weighted by Gasteiger charge is -2.17. The average molecular weight is 408 g/mol. The van der Waals surface area contributed by atoms with Gasteiger partial charge in [-0.25, -0.2) is 9.59 Å². The first-order valence-electron chi connectivity index (χ1n) is 9.59. The lowest BCUT2D eigenvalue weighted by atomic mass is 9.98. The summed E-state index contributed by atoms with van der Waals surface area (Å²) in [4.78, 5) is 47.0. The summed E-state index contributed by atoms with van der Waals surface area (Å²) < 4.78 is 10.4. The van der Waals surface area contributed by atoms with E-state index in [-0.39, 0.29) is 18.9 Å². The highest BCUT2D eigenvalue weighted by atomic mass is 16.6. The van der Waals surface area contributed by atoms with Crippen LogP contribution >= 0.6 is 0 Å². The zero-order valence-corrected chi connectivity index (χ0v) is 16.2. The van der Waals surface area contributed by atoms with E-state index in [4.69, 9.17) is 9.47 Å². The van der Waals surface area contributed by atoms with Gasteiger partial charge >= 0.3 is 12.1 Å². The van der Waals surface area contributed by atoms with Gasteiger partial charge in [0.05, 0.1) is 6.42 Å². The highest BCUT2D eigenvalue weighted by molar-refractivity contribution is 6.05. The number of nitrogens with one attached hydrogen (secondary N) is 2. The number of ether oxygens (including phenoxy) is 2. The molecule has 0 unspecified atom stereocenters. The van der Waals surface area contributed by atoms with Crippen LogP contribution in [0.3, 0.4) is 0 Å². The van der Waals surface area contributed by atoms with Crippen LogP contribution in [0, 0.1) is 0 Å². The van der Waals surface area contributed by atoms with Gasteiger partial charge in [0.25, 0.3) is 5.91 Å². The smallest absolute Gasteiger partial charge is 0.407 e. The molecule has 8 nitrogen and oxygen atoms in total. The first-order chi connectivity index (χ1) is 14.4. The summed E-state index contributed by atoms with van der Waals surface area (Å²) >= 11 is 0. The minimum absolute atomic E-state index is 0.0985. The predicted octanol–water partition coefficient (Wildman–Crippen LogP) is 1.87. The largest absolute Gasteiger partial charge is 0.450 e. The third-order valence-corrected chi connectivity index (χ3v) is 5.22. The molecule has 154 valence electrons. The fourth-order valence-corrected chi connectivity index (χ4v) is 3.74. The maximum Gasteiger partial charge on any atom is 0.407 e. The van der Waals surface area contributed by atoms with Gasteiger partial charge in [0, 0.05) is 5.92 Å². The number of fused-ring (bicyclic) bond motifs is 3. The Morgan fingerprint density at radius 2 is 1.67 bits per heavy atom. The zero-order valence-electron chi connectivity index (χ0n) is 16.2. The van der Waals surface area contributed by atoms with E-state index in [9.17, 15) is 19.2 Å². The molecule has 0 spiro atoms. The van der Waals surface area contributed by atoms with Gasteiger partial charge in [0.1, 0.15) is 12.6 Å². The minimum Gasteiger partial charge on any atom is -0.450 e. The Balaban J connectivity index is 1.34. The zero-order chi connectivity index (χ0) is 21.3. The van der Waals surface area contributed by atoms with E-state index >= 15 is 0 Å². The Morgan fingerprint density at radius 3 is 2.23 bits per heavy atom. The van der Waals surface area contributed by atoms with E-state index in [1.54, 1.807) is 0 Å². The van der Waals surface area contributed by atoms with Crippen molar-refractivity contribution < 1.29 is 28.7 Å². The number of carbonyl (C=O) groups is 4. The van der Waals surface area contributed by atoms with Gasteiger partial charge in [0.2, 0.25) is 5.91 Å². The van der Waals surface area contributed by atoms with E-state index in [1.165, 1.54) is 6.92 Å². The highest BCUT2D eigenvalue weighted by Gasteiger charge is 2.35. The van der Waals surface area contributed by atoms with Gasteiger partial charge in [0.15, 0.2) is 6.10 Å². The maximum atomic E-state index is 12.2. The topological polar surface area (TPSA) is 111 Å². The molecule has 1 fully saturated rings. The maximum absolute atomic E-state index is 12.2. The van der Waals surface area contributed by atoms with Crippen molar-refractivity contribution in [3.63, 3.8) is 0 Å². The SMILES string of the molecule is C[C@H](NC(=O)OCC1c2ccccc2-c2ccccc21)C(=O)O[C@@H]1CC(=O)NC1=O. The Hall–Kier alpha value is -3.68. The fraction of sp³-hybridized carbons (Fsp3) is 0.273. The van der Waals surface area contributed by atoms with Crippen molar-refractivity contribution in [1.29, 1.82) is 0 Å². The summed E-state index contributed by atoms with van der Waals surface area (Å²) in [6.07, 6.45) is -2.16. The molecule has 3 amide bonds. The van der Waals surface area contributed by atoms with Gasteiger partial charge in [-0.15, -0.1) is 0 Å². The fourth-order valence-electron chi connectivity index (χ4n) is 3.74. The van der Waals surface area contributed by atoms with Crippen LogP contribution < -0.4 is 10.6 Å². The molecular formula is C22H20N2O6. The number of carbonyl (C=O) groups excluding carboxylic acids is 4. The van der Waals surface area contributed by atoms with E-state index < -0.39 is 36.0 Å². The quantitative estimate of drug-likeness (QED) is 0.577. The van der Waals surface area contributed by atoms with Gasteiger partial charge in [-0.05, 0) is 29.2 Å². The normalized spacial score (nSPS) is 18.2. The molecule has 1 saturated heterocycles. The Labute approximate surface area is 172 Å². The second-order valence-electron chi connectivity index (χ2n) is 7.23. The molecule has 1 heterocycles. The molecule has 30 heavy (non-hydrogen) atoms. The molecule has 2 aromatic rings. The first kappa shape index (κ1) is 19.6. The molecular weight excluding hydrogens is 388 g/mol. The van der Waals surface area contributed by atoms with Crippen molar-refractivity contribution >= 4 is 23.9 Å². The molecule has 1 aliphatic heterocycles. The second kappa shape index (κ2) is 7.98. The van der Waals surface area contributed by atoms with Crippen LogP contribution in [0.2, 0.25) is 0 Å². The number of hydrogen-bond acceptors (Lipinski definition) is 6. The Morgan fingerprint density at radius 1 is 1.07 bits per heavy atom. The standard InChI is InChI=1S/C22H20N2O6/c1-12(21(27)30-18-10-19(25)24-20(18)26)23-22(28)29-11-17-15-8-4-2-6-13(15)14-7-3-5-9-16(14)17/h2-9,12,17-18H,10-11H2,1H3,(H,23,28)(H,24,25,26)/t12-,18+/m0/s1. The Kier molecular flexibility index (Phi) is 5.22. The van der Waals surface area contributed by atoms with Crippen LogP contribution in [0.4, 0.5) is 4.79 Å². The van der Waals surface area contributed by atoms with Gasteiger partial charge < -0.3 is 14.8 Å². The molecule has 0 radical (unpaired) electrons. The van der Waals surface area contributed by atoms with E-state index in [0.717, 1.165) is 22.3 Å². The third kappa shape index (κ3) is 3.76. The molecule has 8 heteroatoms. The molecule has 0 bridgehead atoms. The van der Waals surface area contributed by atoms with Gasteiger partial charge in [-0.1, -0.05) is 48.5 Å². The van der Waals surface area contributed by atoms with E-state index in [2.05, 4.69) is 10.6 Å². The third-order valence-electron chi connectivity index (χ3n) is 5.22. The van der Waals surface area contributed by atoms with Crippen molar-refractivity contribution in [2.24, 2.45) is 0 Å². The predicted molar refractivity (Wildman–Crippen MR) is 105 cm³/mol. The van der Waals surface area contributed by atoms with Crippen molar-refractivity contribution in [2.45, 2.75) is 31.4 Å². The summed E-state index contributed by atoms with van der Waals surface area (Å²) in [5.74, 6) is -2.09. The molecule has 0 saturated carbocycles. The van der Waals surface area contributed by atoms with Crippen LogP contribution in [-0.2, 0) is 23.9 Å². The number of rotatable bonds is 5. The number of hydrogen-bond donors (Lipinski definition) is 2. The van der Waals surface area contributed by atoms with Gasteiger partial charge in [-0.2, -0.15) is 0 Å². The first-order valence-corrected chi connectivity index (χ1v) is 9.59. The summed E-state index contributed by atoms with van der Waals surface area (Å²) in [7, 11) is 0. The molecule has 2 aromatic carbocycles. The van der Waals surface area contributed by atoms with Crippen LogP contribution in [-0.4, -0.2) is 42.6 Å². The van der Waals surface area contributed by atoms with E-state index in [1.807, 2.05) is 48.5 Å². The molecule has 2 aliphatic rings. The molecule has 2 atom stereocenters. The second-order valence-corrected chi connectivity index (χ2v) is 7.23. The van der Waals surface area contributed by atoms with E-state index in [0.29, 0.717) is 0 Å².